The number of nitrogens with one attached hydrogen (secondary N) is 1. The molecule has 0 spiro atoms. The molecule has 1 N–H and O–H groups in total. The summed E-state index contributed by atoms with van der Waals surface area (Å²) in [6, 6.07) is 8.90. The minimum absolute atomic E-state index is 0.0462. The molecule has 1 aromatic carbocycles. The number of nitro groups is 1. The van der Waals surface area contributed by atoms with Gasteiger partial charge in [0, 0.05) is 22.1 Å². The van der Waals surface area contributed by atoms with Crippen molar-refractivity contribution in [2.45, 2.75) is 19.4 Å². The Bertz CT molecular complexity index is 569. The third-order valence-corrected chi connectivity index (χ3v) is 3.32. The van der Waals surface area contributed by atoms with Crippen LogP contribution in [0.25, 0.3) is 0 Å². The fraction of sp³-hybridized carbons (Fsp3) is 0.231. The lowest BCUT2D eigenvalue weighted by Gasteiger charge is -2.14. The standard InChI is InChI=1S/C13H13IN2O3/c1-9(7-11-3-2-6-19-11)15-12-5-4-10(14)8-13(12)16(17)18/h2-6,8-9,15H,7H2,1H3. The Balaban J connectivity index is 2.12. The molecule has 5 nitrogen and oxygen atoms in total. The van der Waals surface area contributed by atoms with Crippen molar-refractivity contribution in [3.63, 3.8) is 0 Å². The van der Waals surface area contributed by atoms with Crippen LogP contribution in [0.1, 0.15) is 12.7 Å². The SMILES string of the molecule is CC(Cc1ccco1)Nc1ccc(I)cc1[N+](=O)[O-]. The van der Waals surface area contributed by atoms with Crippen molar-refractivity contribution in [2.75, 3.05) is 5.32 Å². The molecule has 0 amide bonds. The van der Waals surface area contributed by atoms with E-state index in [0.717, 1.165) is 9.33 Å². The molecule has 100 valence electrons. The lowest BCUT2D eigenvalue weighted by atomic mass is 10.1. The molecule has 1 heterocycles. The van der Waals surface area contributed by atoms with Crippen molar-refractivity contribution in [2.24, 2.45) is 0 Å². The minimum atomic E-state index is -0.371. The Morgan fingerprint density at radius 1 is 1.47 bits per heavy atom. The largest absolute Gasteiger partial charge is 0.469 e. The number of halogens is 1. The lowest BCUT2D eigenvalue weighted by molar-refractivity contribution is -0.384. The van der Waals surface area contributed by atoms with Crippen molar-refractivity contribution in [3.05, 3.63) is 56.0 Å². The number of nitro benzene ring substituents is 1. The highest BCUT2D eigenvalue weighted by Gasteiger charge is 2.16. The summed E-state index contributed by atoms with van der Waals surface area (Å²) in [5.41, 5.74) is 0.627. The van der Waals surface area contributed by atoms with Crippen molar-refractivity contribution in [1.29, 1.82) is 0 Å². The minimum Gasteiger partial charge on any atom is -0.469 e. The molecule has 2 aromatic rings. The normalized spacial score (nSPS) is 12.1. The summed E-state index contributed by atoms with van der Waals surface area (Å²) in [5, 5.41) is 14.2. The van der Waals surface area contributed by atoms with E-state index in [1.807, 2.05) is 25.1 Å². The Morgan fingerprint density at radius 3 is 2.89 bits per heavy atom. The van der Waals surface area contributed by atoms with E-state index in [1.54, 1.807) is 18.4 Å². The quantitative estimate of drug-likeness (QED) is 0.492. The van der Waals surface area contributed by atoms with Gasteiger partial charge < -0.3 is 9.73 Å². The molecule has 0 saturated heterocycles. The molecule has 1 unspecified atom stereocenters. The molecule has 1 aromatic heterocycles. The van der Waals surface area contributed by atoms with E-state index in [2.05, 4.69) is 27.9 Å². The maximum absolute atomic E-state index is 11.0. The summed E-state index contributed by atoms with van der Waals surface area (Å²) in [6.07, 6.45) is 2.30. The zero-order valence-corrected chi connectivity index (χ0v) is 12.5. The number of nitrogens with zero attached hydrogens (tertiary/aromatic N) is 1. The monoisotopic (exact) mass is 372 g/mol. The highest BCUT2D eigenvalue weighted by atomic mass is 127. The van der Waals surface area contributed by atoms with E-state index in [-0.39, 0.29) is 16.7 Å². The van der Waals surface area contributed by atoms with Crippen LogP contribution in [0, 0.1) is 13.7 Å². The highest BCUT2D eigenvalue weighted by Crippen LogP contribution is 2.27. The summed E-state index contributed by atoms with van der Waals surface area (Å²) in [4.78, 5) is 10.6. The second-order valence-corrected chi connectivity index (χ2v) is 5.49. The molecule has 0 aliphatic heterocycles. The molecule has 0 saturated carbocycles. The summed E-state index contributed by atoms with van der Waals surface area (Å²) in [6.45, 7) is 1.96. The van der Waals surface area contributed by atoms with Gasteiger partial charge >= 0.3 is 0 Å². The smallest absolute Gasteiger partial charge is 0.293 e. The van der Waals surface area contributed by atoms with E-state index in [9.17, 15) is 10.1 Å². The van der Waals surface area contributed by atoms with Crippen LogP contribution in [0.4, 0.5) is 11.4 Å². The van der Waals surface area contributed by atoms with Crippen LogP contribution in [0.3, 0.4) is 0 Å². The van der Waals surface area contributed by atoms with Crippen molar-refractivity contribution in [3.8, 4) is 0 Å². The van der Waals surface area contributed by atoms with E-state index >= 15 is 0 Å². The zero-order valence-electron chi connectivity index (χ0n) is 10.3. The number of anilines is 1. The third-order valence-electron chi connectivity index (χ3n) is 2.65. The summed E-state index contributed by atoms with van der Waals surface area (Å²) >= 11 is 2.06. The Kier molecular flexibility index (Phi) is 4.41. The van der Waals surface area contributed by atoms with Gasteiger partial charge in [-0.05, 0) is 53.8 Å². The average molecular weight is 372 g/mol. The van der Waals surface area contributed by atoms with Gasteiger partial charge in [0.15, 0.2) is 0 Å². The first kappa shape index (κ1) is 13.9. The van der Waals surface area contributed by atoms with Gasteiger partial charge in [-0.3, -0.25) is 10.1 Å². The first-order valence-corrected chi connectivity index (χ1v) is 6.87. The van der Waals surface area contributed by atoms with Gasteiger partial charge in [0.1, 0.15) is 11.4 Å². The van der Waals surface area contributed by atoms with Gasteiger partial charge in [-0.1, -0.05) is 0 Å². The Labute approximate surface area is 124 Å². The summed E-state index contributed by atoms with van der Waals surface area (Å²) in [7, 11) is 0. The molecule has 1 atom stereocenters. The van der Waals surface area contributed by atoms with E-state index in [4.69, 9.17) is 4.42 Å². The molecule has 0 fully saturated rings. The van der Waals surface area contributed by atoms with Crippen LogP contribution in [-0.2, 0) is 6.42 Å². The number of hydrogen-bond donors (Lipinski definition) is 1. The van der Waals surface area contributed by atoms with Crippen LogP contribution in [0.15, 0.2) is 41.0 Å². The first-order valence-electron chi connectivity index (χ1n) is 5.79. The van der Waals surface area contributed by atoms with Gasteiger partial charge in [0.2, 0.25) is 0 Å². The van der Waals surface area contributed by atoms with E-state index < -0.39 is 0 Å². The molecule has 19 heavy (non-hydrogen) atoms. The van der Waals surface area contributed by atoms with Crippen LogP contribution in [0.2, 0.25) is 0 Å². The van der Waals surface area contributed by atoms with Crippen LogP contribution in [-0.4, -0.2) is 11.0 Å². The Hall–Kier alpha value is -1.57. The van der Waals surface area contributed by atoms with Crippen molar-refractivity contribution >= 4 is 34.0 Å². The number of benzene rings is 1. The summed E-state index contributed by atoms with van der Waals surface area (Å²) in [5.74, 6) is 0.855. The zero-order chi connectivity index (χ0) is 13.8. The lowest BCUT2D eigenvalue weighted by Crippen LogP contribution is -2.18. The topological polar surface area (TPSA) is 68.3 Å². The maximum atomic E-state index is 11.0. The second kappa shape index (κ2) is 6.05. The van der Waals surface area contributed by atoms with E-state index in [1.165, 1.54) is 0 Å². The van der Waals surface area contributed by atoms with Gasteiger partial charge in [-0.2, -0.15) is 0 Å². The Morgan fingerprint density at radius 2 is 2.26 bits per heavy atom. The third kappa shape index (κ3) is 3.69. The molecule has 0 aliphatic carbocycles. The number of furan rings is 1. The van der Waals surface area contributed by atoms with Crippen molar-refractivity contribution < 1.29 is 9.34 Å². The van der Waals surface area contributed by atoms with Crippen LogP contribution >= 0.6 is 22.6 Å². The molecular formula is C13H13IN2O3. The van der Waals surface area contributed by atoms with Gasteiger partial charge in [-0.15, -0.1) is 0 Å². The summed E-state index contributed by atoms with van der Waals surface area (Å²) < 4.78 is 6.10. The molecular weight excluding hydrogens is 359 g/mol. The number of rotatable bonds is 5. The predicted molar refractivity (Wildman–Crippen MR) is 81.3 cm³/mol. The highest BCUT2D eigenvalue weighted by molar-refractivity contribution is 14.1. The fourth-order valence-corrected chi connectivity index (χ4v) is 2.30. The average Bonchev–Trinajstić information content (AvgIpc) is 2.83. The molecule has 0 aliphatic rings. The predicted octanol–water partition coefficient (Wildman–Crippen LogP) is 3.84. The number of hydrogen-bond acceptors (Lipinski definition) is 4. The van der Waals surface area contributed by atoms with Gasteiger partial charge in [-0.25, -0.2) is 0 Å². The molecule has 2 rings (SSSR count). The first-order chi connectivity index (χ1) is 9.06. The fourth-order valence-electron chi connectivity index (χ4n) is 1.82. The van der Waals surface area contributed by atoms with Gasteiger partial charge in [0.25, 0.3) is 5.69 Å². The molecule has 0 radical (unpaired) electrons. The van der Waals surface area contributed by atoms with E-state index in [0.29, 0.717) is 12.1 Å². The molecule has 6 heteroatoms. The molecule has 0 bridgehead atoms. The van der Waals surface area contributed by atoms with Crippen molar-refractivity contribution in [1.82, 2.24) is 0 Å². The van der Waals surface area contributed by atoms with Crippen LogP contribution in [0.5, 0.6) is 0 Å². The second-order valence-electron chi connectivity index (χ2n) is 4.25. The van der Waals surface area contributed by atoms with Crippen LogP contribution < -0.4 is 5.32 Å². The van der Waals surface area contributed by atoms with Gasteiger partial charge in [0.05, 0.1) is 11.2 Å². The maximum Gasteiger partial charge on any atom is 0.293 e.